The molecule has 32 heavy (non-hydrogen) atoms. The van der Waals surface area contributed by atoms with Gasteiger partial charge in [-0.1, -0.05) is 60.7 Å². The second-order valence-corrected chi connectivity index (χ2v) is 9.73. The number of carbonyl (C=O) groups is 3. The first kappa shape index (κ1) is 21.8. The highest BCUT2D eigenvalue weighted by molar-refractivity contribution is 7.92. The van der Waals surface area contributed by atoms with Gasteiger partial charge in [0, 0.05) is 12.5 Å². The van der Waals surface area contributed by atoms with E-state index in [-0.39, 0.29) is 17.7 Å². The molecule has 0 aromatic heterocycles. The average molecular weight is 455 g/mol. The molecule has 0 N–H and O–H groups in total. The maximum absolute atomic E-state index is 13.3. The van der Waals surface area contributed by atoms with E-state index in [0.29, 0.717) is 11.1 Å². The Hall–Kier alpha value is -3.46. The number of benzene rings is 2. The number of rotatable bonds is 6. The lowest BCUT2D eigenvalue weighted by molar-refractivity contribution is -0.152. The molecule has 2 heterocycles. The largest absolute Gasteiger partial charge is 0.461 e. The molecule has 4 rings (SSSR count). The second-order valence-electron chi connectivity index (χ2n) is 7.57. The Morgan fingerprint density at radius 3 is 2.09 bits per heavy atom. The summed E-state index contributed by atoms with van der Waals surface area (Å²) in [6.45, 7) is 0.755. The number of fused-ring (bicyclic) bond motifs is 1. The first-order valence-corrected chi connectivity index (χ1v) is 11.7. The SMILES string of the molecule is CC(=O)OCC1=C(C(=O)OC(c2ccccc2)c2ccccc2)N2C(=O)C[C@H]2S(=O)(=O)C1. The van der Waals surface area contributed by atoms with Gasteiger partial charge in [-0.2, -0.15) is 0 Å². The zero-order valence-corrected chi connectivity index (χ0v) is 18.1. The number of nitrogens with zero attached hydrogens (tertiary/aromatic N) is 1. The van der Waals surface area contributed by atoms with Crippen LogP contribution in [0, 0.1) is 0 Å². The minimum atomic E-state index is -3.70. The van der Waals surface area contributed by atoms with E-state index in [9.17, 15) is 22.8 Å². The molecule has 2 aromatic rings. The summed E-state index contributed by atoms with van der Waals surface area (Å²) in [4.78, 5) is 37.9. The molecule has 0 radical (unpaired) electrons. The molecule has 9 heteroatoms. The second kappa shape index (κ2) is 8.58. The standard InChI is InChI=1S/C23H21NO7S/c1-15(25)30-13-18-14-32(28,29)20-12-19(26)24(20)21(18)23(27)31-22(16-8-4-2-5-9-16)17-10-6-3-7-11-17/h2-11,20,22H,12-14H2,1H3/t20-/m1/s1. The van der Waals surface area contributed by atoms with Crippen LogP contribution >= 0.6 is 0 Å². The topological polar surface area (TPSA) is 107 Å². The zero-order chi connectivity index (χ0) is 22.9. The van der Waals surface area contributed by atoms with Gasteiger partial charge in [-0.25, -0.2) is 13.2 Å². The van der Waals surface area contributed by atoms with Gasteiger partial charge in [-0.3, -0.25) is 14.5 Å². The van der Waals surface area contributed by atoms with Crippen LogP contribution in [-0.4, -0.2) is 48.9 Å². The van der Waals surface area contributed by atoms with Crippen molar-refractivity contribution >= 4 is 27.7 Å². The lowest BCUT2D eigenvalue weighted by Crippen LogP contribution is -2.60. The smallest absolute Gasteiger partial charge is 0.356 e. The van der Waals surface area contributed by atoms with Crippen LogP contribution in [0.3, 0.4) is 0 Å². The van der Waals surface area contributed by atoms with E-state index >= 15 is 0 Å². The maximum Gasteiger partial charge on any atom is 0.356 e. The summed E-state index contributed by atoms with van der Waals surface area (Å²) in [5.74, 6) is -2.47. The number of hydrogen-bond donors (Lipinski definition) is 0. The Kier molecular flexibility index (Phi) is 5.84. The molecule has 2 aliphatic rings. The summed E-state index contributed by atoms with van der Waals surface area (Å²) in [6, 6.07) is 18.2. The molecule has 1 atom stereocenters. The minimum absolute atomic E-state index is 0.0226. The summed E-state index contributed by atoms with van der Waals surface area (Å²) < 4.78 is 35.9. The number of amides is 1. The highest BCUT2D eigenvalue weighted by atomic mass is 32.2. The van der Waals surface area contributed by atoms with Gasteiger partial charge in [-0.15, -0.1) is 0 Å². The third kappa shape index (κ3) is 4.16. The van der Waals surface area contributed by atoms with E-state index in [1.807, 2.05) is 60.7 Å². The quantitative estimate of drug-likeness (QED) is 0.485. The first-order chi connectivity index (χ1) is 15.3. The fraction of sp³-hybridized carbons (Fsp3) is 0.261. The van der Waals surface area contributed by atoms with Gasteiger partial charge in [0.1, 0.15) is 17.7 Å². The Morgan fingerprint density at radius 2 is 1.59 bits per heavy atom. The molecule has 0 bridgehead atoms. The molecule has 1 amide bonds. The Labute approximate surface area is 185 Å². The monoisotopic (exact) mass is 455 g/mol. The Bertz CT molecular complexity index is 1150. The van der Waals surface area contributed by atoms with Gasteiger partial charge < -0.3 is 9.47 Å². The van der Waals surface area contributed by atoms with Crippen molar-refractivity contribution in [2.45, 2.75) is 24.8 Å². The van der Waals surface area contributed by atoms with E-state index < -0.39 is 51.5 Å². The van der Waals surface area contributed by atoms with Crippen LogP contribution in [0.25, 0.3) is 0 Å². The summed E-state index contributed by atoms with van der Waals surface area (Å²) in [5.41, 5.74) is 1.28. The van der Waals surface area contributed by atoms with Gasteiger partial charge in [0.2, 0.25) is 5.91 Å². The minimum Gasteiger partial charge on any atom is -0.461 e. The van der Waals surface area contributed by atoms with Crippen LogP contribution < -0.4 is 0 Å². The van der Waals surface area contributed by atoms with Crippen molar-refractivity contribution in [2.24, 2.45) is 0 Å². The van der Waals surface area contributed by atoms with Crippen molar-refractivity contribution < 1.29 is 32.3 Å². The lowest BCUT2D eigenvalue weighted by Gasteiger charge is -2.44. The number of ether oxygens (including phenoxy) is 2. The molecule has 2 aromatic carbocycles. The van der Waals surface area contributed by atoms with E-state index in [0.717, 1.165) is 4.90 Å². The van der Waals surface area contributed by atoms with Crippen LogP contribution in [-0.2, 0) is 33.7 Å². The van der Waals surface area contributed by atoms with Gasteiger partial charge in [0.05, 0.1) is 12.2 Å². The first-order valence-electron chi connectivity index (χ1n) is 9.98. The number of esters is 2. The predicted molar refractivity (Wildman–Crippen MR) is 114 cm³/mol. The van der Waals surface area contributed by atoms with Crippen molar-refractivity contribution in [1.82, 2.24) is 4.90 Å². The van der Waals surface area contributed by atoms with E-state index in [1.54, 1.807) is 0 Å². The van der Waals surface area contributed by atoms with Crippen LogP contribution in [0.5, 0.6) is 0 Å². The molecule has 1 saturated heterocycles. The van der Waals surface area contributed by atoms with E-state index in [1.165, 1.54) is 6.92 Å². The van der Waals surface area contributed by atoms with Gasteiger partial charge >= 0.3 is 11.9 Å². The fourth-order valence-corrected chi connectivity index (χ4v) is 5.65. The third-order valence-electron chi connectivity index (χ3n) is 5.34. The normalized spacial score (nSPS) is 19.2. The van der Waals surface area contributed by atoms with Crippen molar-refractivity contribution in [3.05, 3.63) is 83.1 Å². The molecule has 166 valence electrons. The molecule has 0 aliphatic carbocycles. The van der Waals surface area contributed by atoms with Crippen molar-refractivity contribution in [3.63, 3.8) is 0 Å². The maximum atomic E-state index is 13.3. The van der Waals surface area contributed by atoms with Crippen LogP contribution in [0.1, 0.15) is 30.6 Å². The van der Waals surface area contributed by atoms with E-state index in [4.69, 9.17) is 9.47 Å². The highest BCUT2D eigenvalue weighted by Gasteiger charge is 2.53. The van der Waals surface area contributed by atoms with Gasteiger partial charge in [0.15, 0.2) is 15.9 Å². The molecule has 0 saturated carbocycles. The highest BCUT2D eigenvalue weighted by Crippen LogP contribution is 2.38. The molecule has 0 spiro atoms. The molecule has 1 fully saturated rings. The number of carbonyl (C=O) groups excluding carboxylic acids is 3. The fourth-order valence-electron chi connectivity index (χ4n) is 3.81. The van der Waals surface area contributed by atoms with Gasteiger partial charge in [0.25, 0.3) is 0 Å². The summed E-state index contributed by atoms with van der Waals surface area (Å²) in [6.07, 6.45) is -0.971. The number of hydrogen-bond acceptors (Lipinski definition) is 7. The zero-order valence-electron chi connectivity index (χ0n) is 17.3. The molecule has 8 nitrogen and oxygen atoms in total. The number of sulfone groups is 1. The van der Waals surface area contributed by atoms with Crippen molar-refractivity contribution in [3.8, 4) is 0 Å². The molecular formula is C23H21NO7S. The summed E-state index contributed by atoms with van der Waals surface area (Å²) in [7, 11) is -3.70. The summed E-state index contributed by atoms with van der Waals surface area (Å²) >= 11 is 0. The van der Waals surface area contributed by atoms with Crippen LogP contribution in [0.2, 0.25) is 0 Å². The van der Waals surface area contributed by atoms with Crippen LogP contribution in [0.4, 0.5) is 0 Å². The van der Waals surface area contributed by atoms with Gasteiger partial charge in [-0.05, 0) is 11.1 Å². The van der Waals surface area contributed by atoms with Crippen LogP contribution in [0.15, 0.2) is 71.9 Å². The molecular weight excluding hydrogens is 434 g/mol. The average Bonchev–Trinajstić information content (AvgIpc) is 2.77. The molecule has 2 aliphatic heterocycles. The predicted octanol–water partition coefficient (Wildman–Crippen LogP) is 2.12. The number of β-lactam (4-membered cyclic amide) rings is 1. The summed E-state index contributed by atoms with van der Waals surface area (Å²) in [5, 5.41) is -1.11. The van der Waals surface area contributed by atoms with Crippen molar-refractivity contribution in [1.29, 1.82) is 0 Å². The lowest BCUT2D eigenvalue weighted by atomic mass is 10.0. The Balaban J connectivity index is 1.73. The third-order valence-corrected chi connectivity index (χ3v) is 7.30. The van der Waals surface area contributed by atoms with E-state index in [2.05, 4.69) is 0 Å². The van der Waals surface area contributed by atoms with Crippen molar-refractivity contribution in [2.75, 3.05) is 12.4 Å². The molecule has 0 unspecified atom stereocenters. The Morgan fingerprint density at radius 1 is 1.03 bits per heavy atom.